The summed E-state index contributed by atoms with van der Waals surface area (Å²) < 4.78 is 5.82. The van der Waals surface area contributed by atoms with Crippen LogP contribution in [-0.4, -0.2) is 5.78 Å². The number of carbonyl (C=O) groups is 1. The Hall–Kier alpha value is -2.09. The number of carbonyl (C=O) groups excluding carboxylic acids is 1. The average Bonchev–Trinajstić information content (AvgIpc) is 2.48. The van der Waals surface area contributed by atoms with E-state index in [4.69, 9.17) is 4.74 Å². The van der Waals surface area contributed by atoms with Crippen LogP contribution in [0, 0.1) is 0 Å². The largest absolute Gasteiger partial charge is 0.456 e. The molecule has 0 radical (unpaired) electrons. The zero-order valence-corrected chi connectivity index (χ0v) is 9.51. The van der Waals surface area contributed by atoms with Gasteiger partial charge in [0.05, 0.1) is 5.56 Å². The van der Waals surface area contributed by atoms with Crippen LogP contribution >= 0.6 is 0 Å². The van der Waals surface area contributed by atoms with E-state index in [0.29, 0.717) is 11.3 Å². The van der Waals surface area contributed by atoms with Crippen LogP contribution < -0.4 is 4.74 Å². The summed E-state index contributed by atoms with van der Waals surface area (Å²) in [6.07, 6.45) is 0. The van der Waals surface area contributed by atoms with Crippen LogP contribution in [0.25, 0.3) is 0 Å². The molecule has 0 spiro atoms. The van der Waals surface area contributed by atoms with Gasteiger partial charge in [0.15, 0.2) is 5.78 Å². The maximum Gasteiger partial charge on any atom is 0.173 e. The fourth-order valence-corrected chi connectivity index (χ4v) is 2.18. The van der Waals surface area contributed by atoms with E-state index < -0.39 is 0 Å². The van der Waals surface area contributed by atoms with E-state index >= 15 is 0 Å². The highest BCUT2D eigenvalue weighted by Crippen LogP contribution is 2.38. The first-order valence-electron chi connectivity index (χ1n) is 5.67. The smallest absolute Gasteiger partial charge is 0.173 e. The van der Waals surface area contributed by atoms with Crippen molar-refractivity contribution < 1.29 is 9.53 Å². The van der Waals surface area contributed by atoms with Gasteiger partial charge in [-0.1, -0.05) is 37.3 Å². The summed E-state index contributed by atoms with van der Waals surface area (Å²) >= 11 is 0. The topological polar surface area (TPSA) is 26.3 Å². The summed E-state index contributed by atoms with van der Waals surface area (Å²) in [4.78, 5) is 12.3. The van der Waals surface area contributed by atoms with Crippen molar-refractivity contribution >= 4 is 5.78 Å². The van der Waals surface area contributed by atoms with E-state index in [1.165, 1.54) is 0 Å². The molecule has 1 heterocycles. The predicted octanol–water partition coefficient (Wildman–Crippen LogP) is 3.78. The van der Waals surface area contributed by atoms with Crippen LogP contribution in [0.1, 0.15) is 28.8 Å². The molecule has 84 valence electrons. The molecule has 0 amide bonds. The van der Waals surface area contributed by atoms with Crippen LogP contribution in [-0.2, 0) is 0 Å². The summed E-state index contributed by atoms with van der Waals surface area (Å²) in [5.74, 6) is 1.38. The number of hydrogen-bond acceptors (Lipinski definition) is 2. The lowest BCUT2D eigenvalue weighted by Gasteiger charge is -2.09. The molecule has 0 N–H and O–H groups in total. The van der Waals surface area contributed by atoms with Crippen molar-refractivity contribution in [2.24, 2.45) is 0 Å². The molecule has 2 aromatic rings. The maximum absolute atomic E-state index is 12.3. The number of ketones is 1. The number of ether oxygens (including phenoxy) is 1. The molecule has 0 fully saturated rings. The van der Waals surface area contributed by atoms with Crippen molar-refractivity contribution in [3.05, 3.63) is 59.7 Å². The van der Waals surface area contributed by atoms with Gasteiger partial charge in [-0.3, -0.25) is 4.79 Å². The van der Waals surface area contributed by atoms with Gasteiger partial charge in [-0.05, 0) is 18.2 Å². The Balaban J connectivity index is 2.24. The van der Waals surface area contributed by atoms with Crippen LogP contribution in [0.5, 0.6) is 11.5 Å². The predicted molar refractivity (Wildman–Crippen MR) is 65.7 cm³/mol. The van der Waals surface area contributed by atoms with Gasteiger partial charge in [0.1, 0.15) is 11.5 Å². The van der Waals surface area contributed by atoms with Crippen molar-refractivity contribution in [3.8, 4) is 11.5 Å². The molecule has 1 unspecified atom stereocenters. The highest BCUT2D eigenvalue weighted by molar-refractivity contribution is 6.04. The Morgan fingerprint density at radius 3 is 2.41 bits per heavy atom. The Kier molecular flexibility index (Phi) is 2.22. The summed E-state index contributed by atoms with van der Waals surface area (Å²) in [6, 6.07) is 15.1. The molecule has 1 aliphatic heterocycles. The Labute approximate surface area is 99.9 Å². The van der Waals surface area contributed by atoms with Gasteiger partial charge in [0, 0.05) is 11.5 Å². The van der Waals surface area contributed by atoms with Crippen molar-refractivity contribution in [2.75, 3.05) is 0 Å². The van der Waals surface area contributed by atoms with E-state index in [1.807, 2.05) is 55.5 Å². The average molecular weight is 224 g/mol. The van der Waals surface area contributed by atoms with E-state index in [9.17, 15) is 4.79 Å². The molecular weight excluding hydrogens is 212 g/mol. The molecule has 2 heteroatoms. The highest BCUT2D eigenvalue weighted by atomic mass is 16.5. The molecular formula is C15H12O2. The van der Waals surface area contributed by atoms with Gasteiger partial charge in [-0.15, -0.1) is 0 Å². The minimum atomic E-state index is -0.158. The van der Waals surface area contributed by atoms with Gasteiger partial charge < -0.3 is 4.74 Å². The van der Waals surface area contributed by atoms with Gasteiger partial charge >= 0.3 is 0 Å². The Morgan fingerprint density at radius 1 is 0.941 bits per heavy atom. The van der Waals surface area contributed by atoms with Gasteiger partial charge in [-0.25, -0.2) is 0 Å². The zero-order valence-electron chi connectivity index (χ0n) is 9.51. The second kappa shape index (κ2) is 3.74. The summed E-state index contributed by atoms with van der Waals surface area (Å²) in [5.41, 5.74) is 1.62. The lowest BCUT2D eigenvalue weighted by atomic mass is 9.92. The molecule has 1 aliphatic rings. The molecule has 0 saturated carbocycles. The third-order valence-electron chi connectivity index (χ3n) is 3.15. The van der Waals surface area contributed by atoms with Gasteiger partial charge in [0.2, 0.25) is 0 Å². The van der Waals surface area contributed by atoms with E-state index in [-0.39, 0.29) is 11.7 Å². The minimum Gasteiger partial charge on any atom is -0.456 e. The van der Waals surface area contributed by atoms with E-state index in [0.717, 1.165) is 11.3 Å². The summed E-state index contributed by atoms with van der Waals surface area (Å²) in [7, 11) is 0. The molecule has 17 heavy (non-hydrogen) atoms. The monoisotopic (exact) mass is 224 g/mol. The summed E-state index contributed by atoms with van der Waals surface area (Å²) in [5, 5.41) is 0. The number of hydrogen-bond donors (Lipinski definition) is 0. The van der Waals surface area contributed by atoms with Crippen molar-refractivity contribution in [1.82, 2.24) is 0 Å². The van der Waals surface area contributed by atoms with Crippen molar-refractivity contribution in [1.29, 1.82) is 0 Å². The first kappa shape index (κ1) is 10.1. The molecule has 3 rings (SSSR count). The molecule has 1 atom stereocenters. The number of para-hydroxylation sites is 2. The molecule has 0 aromatic heterocycles. The third-order valence-corrected chi connectivity index (χ3v) is 3.15. The molecule has 2 aromatic carbocycles. The second-order valence-corrected chi connectivity index (χ2v) is 4.22. The number of rotatable bonds is 0. The summed E-state index contributed by atoms with van der Waals surface area (Å²) in [6.45, 7) is 1.92. The fourth-order valence-electron chi connectivity index (χ4n) is 2.18. The molecule has 0 aliphatic carbocycles. The first-order valence-corrected chi connectivity index (χ1v) is 5.67. The number of Topliss-reactive ketones (excluding diaryl/α,β-unsaturated/α-hetero) is 1. The van der Waals surface area contributed by atoms with Crippen molar-refractivity contribution in [3.63, 3.8) is 0 Å². The SMILES string of the molecule is CC1C(=O)c2ccccc2Oc2ccccc21. The van der Waals surface area contributed by atoms with E-state index in [1.54, 1.807) is 0 Å². The normalized spacial score (nSPS) is 17.7. The minimum absolute atomic E-state index is 0.116. The van der Waals surface area contributed by atoms with Crippen LogP contribution in [0.2, 0.25) is 0 Å². The fraction of sp³-hybridized carbons (Fsp3) is 0.133. The quantitative estimate of drug-likeness (QED) is 0.680. The van der Waals surface area contributed by atoms with E-state index in [2.05, 4.69) is 0 Å². The van der Waals surface area contributed by atoms with Crippen LogP contribution in [0.4, 0.5) is 0 Å². The molecule has 0 bridgehead atoms. The zero-order chi connectivity index (χ0) is 11.8. The highest BCUT2D eigenvalue weighted by Gasteiger charge is 2.26. The Morgan fingerprint density at radius 2 is 1.59 bits per heavy atom. The van der Waals surface area contributed by atoms with Gasteiger partial charge in [0.25, 0.3) is 0 Å². The number of fused-ring (bicyclic) bond motifs is 2. The maximum atomic E-state index is 12.3. The number of benzene rings is 2. The van der Waals surface area contributed by atoms with Gasteiger partial charge in [-0.2, -0.15) is 0 Å². The molecule has 0 saturated heterocycles. The third kappa shape index (κ3) is 1.53. The lowest BCUT2D eigenvalue weighted by molar-refractivity contribution is 0.0967. The second-order valence-electron chi connectivity index (χ2n) is 4.22. The Bertz CT molecular complexity index is 587. The lowest BCUT2D eigenvalue weighted by Crippen LogP contribution is -2.07. The van der Waals surface area contributed by atoms with Crippen molar-refractivity contribution in [2.45, 2.75) is 12.8 Å². The van der Waals surface area contributed by atoms with Crippen LogP contribution in [0.15, 0.2) is 48.5 Å². The van der Waals surface area contributed by atoms with Crippen LogP contribution in [0.3, 0.4) is 0 Å². The first-order chi connectivity index (χ1) is 8.27. The molecule has 2 nitrogen and oxygen atoms in total. The standard InChI is InChI=1S/C15H12O2/c1-10-11-6-2-4-8-13(11)17-14-9-5-3-7-12(14)15(10)16/h2-10H,1H3.